The number of morpholine rings is 1. The van der Waals surface area contributed by atoms with Crippen molar-refractivity contribution in [3.05, 3.63) is 0 Å². The molecule has 2 aliphatic heterocycles. The Morgan fingerprint density at radius 3 is 2.57 bits per heavy atom. The average Bonchev–Trinajstić information content (AvgIpc) is 2.92. The lowest BCUT2D eigenvalue weighted by Gasteiger charge is -2.29. The van der Waals surface area contributed by atoms with Crippen molar-refractivity contribution in [2.45, 2.75) is 19.0 Å². The van der Waals surface area contributed by atoms with E-state index in [9.17, 15) is 13.2 Å². The molecule has 2 heterocycles. The summed E-state index contributed by atoms with van der Waals surface area (Å²) < 4.78 is 41.9. The number of nitrogens with zero attached hydrogens (tertiary/aromatic N) is 3. The zero-order chi connectivity index (χ0) is 16.0. The van der Waals surface area contributed by atoms with Gasteiger partial charge in [0, 0.05) is 46.3 Å². The third-order valence-corrected chi connectivity index (χ3v) is 4.11. The number of guanidine groups is 1. The lowest BCUT2D eigenvalue weighted by molar-refractivity contribution is -0.132. The molecule has 9 heteroatoms. The molecule has 0 aliphatic carbocycles. The van der Waals surface area contributed by atoms with Gasteiger partial charge in [0.2, 0.25) is 0 Å². The van der Waals surface area contributed by atoms with E-state index in [1.165, 1.54) is 0 Å². The minimum atomic E-state index is -4.13. The van der Waals surface area contributed by atoms with E-state index in [4.69, 9.17) is 4.74 Å². The van der Waals surface area contributed by atoms with Crippen LogP contribution in [0.5, 0.6) is 0 Å². The monoisotopic (exact) mass is 450 g/mol. The highest BCUT2D eigenvalue weighted by atomic mass is 127. The third-order valence-electron chi connectivity index (χ3n) is 4.11. The van der Waals surface area contributed by atoms with Crippen LogP contribution in [-0.2, 0) is 4.74 Å². The SMILES string of the molecule is CN=C(NCCC(F)(F)F)N1CCC(CN2CCOCC2)C1.I. The van der Waals surface area contributed by atoms with Crippen LogP contribution in [0, 0.1) is 5.92 Å². The summed E-state index contributed by atoms with van der Waals surface area (Å²) in [5.41, 5.74) is 0. The maximum Gasteiger partial charge on any atom is 0.390 e. The molecule has 0 radical (unpaired) electrons. The van der Waals surface area contributed by atoms with Crippen LogP contribution in [0.15, 0.2) is 4.99 Å². The van der Waals surface area contributed by atoms with E-state index < -0.39 is 12.6 Å². The molecule has 1 atom stereocenters. The van der Waals surface area contributed by atoms with Crippen molar-refractivity contribution in [2.75, 3.05) is 59.5 Å². The summed E-state index contributed by atoms with van der Waals surface area (Å²) in [6.07, 6.45) is -3.91. The van der Waals surface area contributed by atoms with Gasteiger partial charge in [-0.1, -0.05) is 0 Å². The topological polar surface area (TPSA) is 40.1 Å². The van der Waals surface area contributed by atoms with Gasteiger partial charge in [-0.2, -0.15) is 13.2 Å². The van der Waals surface area contributed by atoms with Crippen molar-refractivity contribution >= 4 is 29.9 Å². The summed E-state index contributed by atoms with van der Waals surface area (Å²) in [6.45, 7) is 6.11. The second kappa shape index (κ2) is 9.87. The van der Waals surface area contributed by atoms with E-state index in [-0.39, 0.29) is 30.5 Å². The van der Waals surface area contributed by atoms with Gasteiger partial charge in [0.25, 0.3) is 0 Å². The second-order valence-electron chi connectivity index (χ2n) is 5.85. The number of halogens is 4. The van der Waals surface area contributed by atoms with E-state index in [2.05, 4.69) is 20.1 Å². The van der Waals surface area contributed by atoms with Gasteiger partial charge in [-0.05, 0) is 12.3 Å². The molecule has 0 saturated carbocycles. The van der Waals surface area contributed by atoms with Crippen molar-refractivity contribution in [3.8, 4) is 0 Å². The maximum atomic E-state index is 12.2. The lowest BCUT2D eigenvalue weighted by Crippen LogP contribution is -2.43. The normalized spacial score (nSPS) is 23.7. The first-order chi connectivity index (χ1) is 10.5. The number of ether oxygens (including phenoxy) is 1. The van der Waals surface area contributed by atoms with Crippen LogP contribution in [-0.4, -0.2) is 81.5 Å². The van der Waals surface area contributed by atoms with Gasteiger partial charge < -0.3 is 15.0 Å². The predicted octanol–water partition coefficient (Wildman–Crippen LogP) is 1.79. The van der Waals surface area contributed by atoms with Crippen molar-refractivity contribution in [3.63, 3.8) is 0 Å². The van der Waals surface area contributed by atoms with E-state index in [0.717, 1.165) is 52.4 Å². The number of nitrogens with one attached hydrogen (secondary N) is 1. The number of aliphatic imine (C=N–C) groups is 1. The molecule has 2 saturated heterocycles. The fraction of sp³-hybridized carbons (Fsp3) is 0.929. The second-order valence-corrected chi connectivity index (χ2v) is 5.85. The number of hydrogen-bond donors (Lipinski definition) is 1. The summed E-state index contributed by atoms with van der Waals surface area (Å²) in [5.74, 6) is 1.12. The number of hydrogen-bond acceptors (Lipinski definition) is 3. The van der Waals surface area contributed by atoms with E-state index in [0.29, 0.717) is 11.9 Å². The van der Waals surface area contributed by atoms with Crippen LogP contribution in [0.25, 0.3) is 0 Å². The summed E-state index contributed by atoms with van der Waals surface area (Å²) in [4.78, 5) is 8.56. The highest BCUT2D eigenvalue weighted by Gasteiger charge is 2.29. The van der Waals surface area contributed by atoms with Crippen LogP contribution in [0.4, 0.5) is 13.2 Å². The van der Waals surface area contributed by atoms with Crippen molar-refractivity contribution in [2.24, 2.45) is 10.9 Å². The highest BCUT2D eigenvalue weighted by molar-refractivity contribution is 14.0. The number of rotatable bonds is 4. The Labute approximate surface area is 152 Å². The molecule has 23 heavy (non-hydrogen) atoms. The zero-order valence-electron chi connectivity index (χ0n) is 13.4. The average molecular weight is 450 g/mol. The molecule has 1 N–H and O–H groups in total. The molecule has 0 amide bonds. The molecule has 136 valence electrons. The molecule has 2 aliphatic rings. The Morgan fingerprint density at radius 2 is 1.96 bits per heavy atom. The first-order valence-corrected chi connectivity index (χ1v) is 7.80. The zero-order valence-corrected chi connectivity index (χ0v) is 15.8. The van der Waals surface area contributed by atoms with E-state index in [1.807, 2.05) is 0 Å². The number of likely N-dealkylation sites (tertiary alicyclic amines) is 1. The summed E-state index contributed by atoms with van der Waals surface area (Å²) in [7, 11) is 1.62. The first kappa shape index (κ1) is 20.8. The van der Waals surface area contributed by atoms with Crippen LogP contribution in [0.3, 0.4) is 0 Å². The van der Waals surface area contributed by atoms with E-state index in [1.54, 1.807) is 7.05 Å². The molecular weight excluding hydrogens is 424 g/mol. The molecule has 5 nitrogen and oxygen atoms in total. The maximum absolute atomic E-state index is 12.2. The predicted molar refractivity (Wildman–Crippen MR) is 94.4 cm³/mol. The minimum Gasteiger partial charge on any atom is -0.379 e. The Balaban J connectivity index is 0.00000264. The smallest absolute Gasteiger partial charge is 0.379 e. The van der Waals surface area contributed by atoms with Gasteiger partial charge in [-0.25, -0.2) is 0 Å². The molecule has 0 spiro atoms. The Hall–Kier alpha value is -0.290. The molecule has 0 aromatic heterocycles. The van der Waals surface area contributed by atoms with Crippen molar-refractivity contribution in [1.82, 2.24) is 15.1 Å². The Bertz CT molecular complexity index is 376. The van der Waals surface area contributed by atoms with Gasteiger partial charge in [0.15, 0.2) is 5.96 Å². The van der Waals surface area contributed by atoms with Crippen LogP contribution >= 0.6 is 24.0 Å². The van der Waals surface area contributed by atoms with Crippen molar-refractivity contribution in [1.29, 1.82) is 0 Å². The van der Waals surface area contributed by atoms with Gasteiger partial charge >= 0.3 is 6.18 Å². The molecule has 2 rings (SSSR count). The summed E-state index contributed by atoms with van der Waals surface area (Å²) >= 11 is 0. The quantitative estimate of drug-likeness (QED) is 0.403. The number of alkyl halides is 3. The van der Waals surface area contributed by atoms with Gasteiger partial charge in [-0.3, -0.25) is 9.89 Å². The van der Waals surface area contributed by atoms with Crippen LogP contribution in [0.2, 0.25) is 0 Å². The largest absolute Gasteiger partial charge is 0.390 e. The van der Waals surface area contributed by atoms with Crippen LogP contribution < -0.4 is 5.32 Å². The first-order valence-electron chi connectivity index (χ1n) is 7.80. The Kier molecular flexibility index (Phi) is 8.91. The molecule has 0 aromatic rings. The third kappa shape index (κ3) is 7.42. The van der Waals surface area contributed by atoms with E-state index >= 15 is 0 Å². The fourth-order valence-corrected chi connectivity index (χ4v) is 2.97. The Morgan fingerprint density at radius 1 is 1.26 bits per heavy atom. The highest BCUT2D eigenvalue weighted by Crippen LogP contribution is 2.20. The molecule has 2 fully saturated rings. The minimum absolute atomic E-state index is 0. The summed E-state index contributed by atoms with van der Waals surface area (Å²) in [5, 5.41) is 2.81. The van der Waals surface area contributed by atoms with Gasteiger partial charge in [0.1, 0.15) is 0 Å². The fourth-order valence-electron chi connectivity index (χ4n) is 2.97. The lowest BCUT2D eigenvalue weighted by atomic mass is 10.1. The van der Waals surface area contributed by atoms with Gasteiger partial charge in [-0.15, -0.1) is 24.0 Å². The van der Waals surface area contributed by atoms with Crippen LogP contribution in [0.1, 0.15) is 12.8 Å². The standard InChI is InChI=1S/C14H25F3N4O.HI/c1-18-13(19-4-3-14(15,16)17)21-5-2-12(11-21)10-20-6-8-22-9-7-20;/h12H,2-11H2,1H3,(H,18,19);1H. The molecule has 0 aromatic carbocycles. The molecule has 1 unspecified atom stereocenters. The van der Waals surface area contributed by atoms with Gasteiger partial charge in [0.05, 0.1) is 19.6 Å². The molecular formula is C14H26F3IN4O. The van der Waals surface area contributed by atoms with Crippen molar-refractivity contribution < 1.29 is 17.9 Å². The molecule has 0 bridgehead atoms. The summed E-state index contributed by atoms with van der Waals surface area (Å²) in [6, 6.07) is 0.